The number of hydrogen-bond donors (Lipinski definition) is 2. The standard InChI is InChI=1S/C13H14N2O3S2/c1-8(16)9-3-2-4-10(5-9)15-12-7-20(17,18)6-11(12)14-13(15)19/h2-5,11-12H,6-7H2,1H3,(H-,14,17,18,19)/p+1/t11-,12-/m1/s1. The Morgan fingerprint density at radius 1 is 1.50 bits per heavy atom. The van der Waals surface area contributed by atoms with Gasteiger partial charge in [0.25, 0.3) is 0 Å². The van der Waals surface area contributed by atoms with Gasteiger partial charge in [0.2, 0.25) is 10.2 Å². The van der Waals surface area contributed by atoms with Crippen LogP contribution >= 0.6 is 12.2 Å². The van der Waals surface area contributed by atoms with Crippen molar-refractivity contribution in [1.82, 2.24) is 5.32 Å². The van der Waals surface area contributed by atoms with E-state index in [-0.39, 0.29) is 29.4 Å². The van der Waals surface area contributed by atoms with Gasteiger partial charge in [0.15, 0.2) is 22.4 Å². The van der Waals surface area contributed by atoms with Gasteiger partial charge in [-0.05, 0) is 31.3 Å². The fourth-order valence-electron chi connectivity index (χ4n) is 2.80. The molecule has 1 aromatic carbocycles. The predicted octanol–water partition coefficient (Wildman–Crippen LogP) is 1.31. The van der Waals surface area contributed by atoms with Crippen LogP contribution in [0.3, 0.4) is 0 Å². The Kier molecular flexibility index (Phi) is 3.15. The van der Waals surface area contributed by atoms with Crippen molar-refractivity contribution in [2.24, 2.45) is 0 Å². The highest BCUT2D eigenvalue weighted by molar-refractivity contribution is 7.98. The Hall–Kier alpha value is -1.31. The van der Waals surface area contributed by atoms with Crippen molar-refractivity contribution < 1.29 is 13.6 Å². The zero-order chi connectivity index (χ0) is 14.5. The number of carbonyl (C=O) groups is 1. The molecule has 1 aromatic rings. The molecule has 0 aromatic heterocycles. The molecule has 0 spiro atoms. The molecule has 0 saturated carbocycles. The van der Waals surface area contributed by atoms with Crippen LogP contribution in [0.25, 0.3) is 0 Å². The molecule has 2 aliphatic heterocycles. The third-order valence-electron chi connectivity index (χ3n) is 3.73. The van der Waals surface area contributed by atoms with Crippen LogP contribution in [0.15, 0.2) is 24.3 Å². The van der Waals surface area contributed by atoms with Gasteiger partial charge in [-0.1, -0.05) is 16.3 Å². The Labute approximate surface area is 123 Å². The summed E-state index contributed by atoms with van der Waals surface area (Å²) in [5.74, 6) is 0.411. The van der Waals surface area contributed by atoms with Gasteiger partial charge in [-0.25, -0.2) is 0 Å². The SMILES string of the molecule is CC(=O)c1cccc(N2C(=S)N[C@@H]3C[S+](=O)(O)C[C@H]32)c1. The van der Waals surface area contributed by atoms with Crippen LogP contribution in [0.5, 0.6) is 0 Å². The summed E-state index contributed by atoms with van der Waals surface area (Å²) < 4.78 is 21.6. The number of ketones is 1. The van der Waals surface area contributed by atoms with Crippen molar-refractivity contribution in [2.45, 2.75) is 19.0 Å². The smallest absolute Gasteiger partial charge is 0.218 e. The number of nitrogens with one attached hydrogen (secondary N) is 1. The largest absolute Gasteiger partial charge is 0.352 e. The Balaban J connectivity index is 1.97. The molecule has 3 atom stereocenters. The number of anilines is 1. The van der Waals surface area contributed by atoms with E-state index in [9.17, 15) is 13.6 Å². The molecular formula is C13H15N2O3S2+. The highest BCUT2D eigenvalue weighted by Gasteiger charge is 2.54. The average molecular weight is 311 g/mol. The van der Waals surface area contributed by atoms with E-state index in [1.54, 1.807) is 18.2 Å². The minimum Gasteiger partial charge on any atom is -0.352 e. The van der Waals surface area contributed by atoms with E-state index in [1.165, 1.54) is 6.92 Å². The first-order valence-electron chi connectivity index (χ1n) is 6.30. The van der Waals surface area contributed by atoms with Crippen molar-refractivity contribution in [3.05, 3.63) is 29.8 Å². The highest BCUT2D eigenvalue weighted by Crippen LogP contribution is 2.31. The van der Waals surface area contributed by atoms with E-state index < -0.39 is 10.2 Å². The molecule has 3 rings (SSSR count). The van der Waals surface area contributed by atoms with Gasteiger partial charge in [-0.3, -0.25) is 4.79 Å². The predicted molar refractivity (Wildman–Crippen MR) is 82.6 cm³/mol. The van der Waals surface area contributed by atoms with E-state index in [2.05, 4.69) is 5.32 Å². The molecule has 2 fully saturated rings. The second-order valence-electron chi connectivity index (χ2n) is 5.21. The van der Waals surface area contributed by atoms with E-state index in [1.807, 2.05) is 11.0 Å². The number of rotatable bonds is 2. The third kappa shape index (κ3) is 2.25. The van der Waals surface area contributed by atoms with Crippen LogP contribution in [-0.2, 0) is 14.4 Å². The van der Waals surface area contributed by atoms with Crippen LogP contribution in [0.4, 0.5) is 5.69 Å². The fraction of sp³-hybridized carbons (Fsp3) is 0.385. The van der Waals surface area contributed by atoms with Gasteiger partial charge in [0.05, 0.1) is 0 Å². The molecule has 0 amide bonds. The van der Waals surface area contributed by atoms with Gasteiger partial charge < -0.3 is 10.2 Å². The third-order valence-corrected chi connectivity index (χ3v) is 5.78. The van der Waals surface area contributed by atoms with E-state index in [0.717, 1.165) is 5.69 Å². The Morgan fingerprint density at radius 2 is 2.25 bits per heavy atom. The molecular weight excluding hydrogens is 296 g/mol. The number of thiocarbonyl (C=S) groups is 1. The number of carbonyl (C=O) groups excluding carboxylic acids is 1. The van der Waals surface area contributed by atoms with Crippen molar-refractivity contribution in [3.63, 3.8) is 0 Å². The van der Waals surface area contributed by atoms with Crippen molar-refractivity contribution in [3.8, 4) is 0 Å². The summed E-state index contributed by atoms with van der Waals surface area (Å²) in [6, 6.07) is 6.96. The molecule has 20 heavy (non-hydrogen) atoms. The van der Waals surface area contributed by atoms with E-state index in [4.69, 9.17) is 12.2 Å². The van der Waals surface area contributed by atoms with Gasteiger partial charge >= 0.3 is 0 Å². The van der Waals surface area contributed by atoms with E-state index >= 15 is 0 Å². The lowest BCUT2D eigenvalue weighted by Crippen LogP contribution is -2.37. The number of hydrogen-bond acceptors (Lipinski definition) is 3. The lowest BCUT2D eigenvalue weighted by Gasteiger charge is -2.22. The Morgan fingerprint density at radius 3 is 2.95 bits per heavy atom. The molecule has 2 aliphatic rings. The maximum absolute atomic E-state index is 11.8. The second-order valence-corrected chi connectivity index (χ2v) is 7.80. The fourth-order valence-corrected chi connectivity index (χ4v) is 5.11. The van der Waals surface area contributed by atoms with Crippen LogP contribution < -0.4 is 10.2 Å². The quantitative estimate of drug-likeness (QED) is 0.487. The zero-order valence-electron chi connectivity index (χ0n) is 10.9. The number of nitrogens with zero attached hydrogens (tertiary/aromatic N) is 1. The maximum atomic E-state index is 11.8. The molecule has 0 aliphatic carbocycles. The van der Waals surface area contributed by atoms with Gasteiger partial charge in [-0.15, -0.1) is 0 Å². The lowest BCUT2D eigenvalue weighted by molar-refractivity contribution is 0.101. The van der Waals surface area contributed by atoms with Gasteiger partial charge in [0.1, 0.15) is 12.1 Å². The molecule has 0 bridgehead atoms. The lowest BCUT2D eigenvalue weighted by atomic mass is 10.1. The topological polar surface area (TPSA) is 69.6 Å². The monoisotopic (exact) mass is 311 g/mol. The second kappa shape index (κ2) is 4.61. The molecule has 106 valence electrons. The number of benzene rings is 1. The first-order valence-corrected chi connectivity index (χ1v) is 8.56. The summed E-state index contributed by atoms with van der Waals surface area (Å²) in [7, 11) is -2.78. The molecule has 2 N–H and O–H groups in total. The summed E-state index contributed by atoms with van der Waals surface area (Å²) in [6.45, 7) is 1.51. The minimum atomic E-state index is -2.78. The normalized spacial score (nSPS) is 32.1. The van der Waals surface area contributed by atoms with Crippen LogP contribution in [0.2, 0.25) is 0 Å². The highest BCUT2D eigenvalue weighted by atomic mass is 32.3. The minimum absolute atomic E-state index is 0.0150. The van der Waals surface area contributed by atoms with E-state index in [0.29, 0.717) is 10.7 Å². The summed E-state index contributed by atoms with van der Waals surface area (Å²) in [5, 5.41) is 3.65. The maximum Gasteiger partial charge on any atom is 0.218 e. The summed E-state index contributed by atoms with van der Waals surface area (Å²) in [4.78, 5) is 13.3. The molecule has 2 saturated heterocycles. The molecule has 0 radical (unpaired) electrons. The summed E-state index contributed by atoms with van der Waals surface area (Å²) in [5.41, 5.74) is 1.40. The van der Waals surface area contributed by atoms with Crippen LogP contribution in [-0.4, -0.2) is 39.0 Å². The number of fused-ring (bicyclic) bond motifs is 1. The Bertz CT molecular complexity index is 646. The zero-order valence-corrected chi connectivity index (χ0v) is 12.5. The molecule has 1 unspecified atom stereocenters. The van der Waals surface area contributed by atoms with Crippen molar-refractivity contribution in [2.75, 3.05) is 16.4 Å². The summed E-state index contributed by atoms with van der Waals surface area (Å²) in [6.07, 6.45) is 0. The summed E-state index contributed by atoms with van der Waals surface area (Å²) >= 11 is 5.32. The van der Waals surface area contributed by atoms with Gasteiger partial charge in [-0.2, -0.15) is 4.55 Å². The average Bonchev–Trinajstić information content (AvgIpc) is 2.79. The molecule has 2 heterocycles. The first kappa shape index (κ1) is 13.7. The van der Waals surface area contributed by atoms with Crippen molar-refractivity contribution >= 4 is 39.0 Å². The van der Waals surface area contributed by atoms with Crippen LogP contribution in [0.1, 0.15) is 17.3 Å². The van der Waals surface area contributed by atoms with Gasteiger partial charge in [0, 0.05) is 11.3 Å². The molecule has 5 nitrogen and oxygen atoms in total. The first-order chi connectivity index (χ1) is 9.37. The van der Waals surface area contributed by atoms with Crippen LogP contribution in [0, 0.1) is 0 Å². The molecule has 7 heteroatoms. The van der Waals surface area contributed by atoms with Crippen molar-refractivity contribution in [1.29, 1.82) is 0 Å². The number of Topliss-reactive ketones (excluding diaryl/α,β-unsaturated/α-hetero) is 1.